The van der Waals surface area contributed by atoms with Crippen molar-refractivity contribution in [2.75, 3.05) is 55.5 Å². The second-order valence-corrected chi connectivity index (χ2v) is 12.1. The zero-order valence-corrected chi connectivity index (χ0v) is 25.2. The number of hydrogen-bond acceptors (Lipinski definition) is 7. The maximum atomic E-state index is 15.5. The van der Waals surface area contributed by atoms with Crippen LogP contribution in [0.5, 0.6) is 5.75 Å². The van der Waals surface area contributed by atoms with Crippen molar-refractivity contribution in [1.82, 2.24) is 14.9 Å². The van der Waals surface area contributed by atoms with Crippen LogP contribution in [0.4, 0.5) is 40.6 Å². The first kappa shape index (κ1) is 29.3. The van der Waals surface area contributed by atoms with Crippen LogP contribution < -0.4 is 19.9 Å². The summed E-state index contributed by atoms with van der Waals surface area (Å²) < 4.78 is 65.7. The number of piperidine rings is 1. The summed E-state index contributed by atoms with van der Waals surface area (Å²) >= 11 is 0. The normalized spacial score (nSPS) is 18.2. The van der Waals surface area contributed by atoms with E-state index in [0.29, 0.717) is 29.6 Å². The van der Waals surface area contributed by atoms with Gasteiger partial charge in [-0.05, 0) is 93.4 Å². The second kappa shape index (κ2) is 11.8. The first-order valence-corrected chi connectivity index (χ1v) is 15.3. The molecule has 2 aliphatic heterocycles. The van der Waals surface area contributed by atoms with Crippen molar-refractivity contribution in [3.8, 4) is 17.0 Å². The predicted octanol–water partition coefficient (Wildman–Crippen LogP) is 6.86. The van der Waals surface area contributed by atoms with Gasteiger partial charge >= 0.3 is 0 Å². The van der Waals surface area contributed by atoms with Crippen LogP contribution in [0.25, 0.3) is 11.3 Å². The first-order chi connectivity index (χ1) is 21.7. The van der Waals surface area contributed by atoms with Crippen LogP contribution in [-0.4, -0.2) is 61.2 Å². The van der Waals surface area contributed by atoms with Gasteiger partial charge in [-0.25, -0.2) is 27.5 Å². The van der Waals surface area contributed by atoms with Crippen molar-refractivity contribution >= 4 is 23.0 Å². The molecule has 1 aliphatic carbocycles. The van der Waals surface area contributed by atoms with Gasteiger partial charge in [0.25, 0.3) is 0 Å². The highest BCUT2D eigenvalue weighted by Gasteiger charge is 2.34. The van der Waals surface area contributed by atoms with Crippen molar-refractivity contribution in [2.45, 2.75) is 37.8 Å². The van der Waals surface area contributed by atoms with Gasteiger partial charge in [-0.2, -0.15) is 0 Å². The van der Waals surface area contributed by atoms with Crippen molar-refractivity contribution in [2.24, 2.45) is 0 Å². The third-order valence-corrected chi connectivity index (χ3v) is 9.20. The second-order valence-electron chi connectivity index (χ2n) is 12.1. The van der Waals surface area contributed by atoms with Crippen molar-refractivity contribution < 1.29 is 22.3 Å². The molecule has 0 spiro atoms. The molecule has 7 nitrogen and oxygen atoms in total. The Morgan fingerprint density at radius 2 is 1.69 bits per heavy atom. The quantitative estimate of drug-likeness (QED) is 0.237. The molecule has 0 saturated carbocycles. The van der Waals surface area contributed by atoms with Gasteiger partial charge in [-0.15, -0.1) is 0 Å². The van der Waals surface area contributed by atoms with Crippen LogP contribution in [0.15, 0.2) is 54.7 Å². The fourth-order valence-corrected chi connectivity index (χ4v) is 6.86. The first-order valence-electron chi connectivity index (χ1n) is 15.3. The lowest BCUT2D eigenvalue weighted by atomic mass is 10.0. The fourth-order valence-electron chi connectivity index (χ4n) is 6.86. The molecule has 3 heterocycles. The molecule has 0 radical (unpaired) electrons. The van der Waals surface area contributed by atoms with Gasteiger partial charge in [0.1, 0.15) is 23.9 Å². The van der Waals surface area contributed by atoms with E-state index < -0.39 is 11.6 Å². The average molecular weight is 619 g/mol. The lowest BCUT2D eigenvalue weighted by molar-refractivity contribution is 0.249. The van der Waals surface area contributed by atoms with Crippen molar-refractivity contribution in [3.63, 3.8) is 0 Å². The molecule has 1 unspecified atom stereocenters. The number of nitrogens with one attached hydrogen (secondary N) is 1. The number of benzene rings is 3. The molecule has 1 saturated heterocycles. The van der Waals surface area contributed by atoms with E-state index in [1.807, 2.05) is 9.80 Å². The summed E-state index contributed by atoms with van der Waals surface area (Å²) in [6, 6.07) is 12.8. The summed E-state index contributed by atoms with van der Waals surface area (Å²) in [5.41, 5.74) is 3.40. The van der Waals surface area contributed by atoms with E-state index in [2.05, 4.69) is 34.3 Å². The number of halogens is 4. The minimum absolute atomic E-state index is 0.0387. The zero-order chi connectivity index (χ0) is 31.2. The monoisotopic (exact) mass is 618 g/mol. The SMILES string of the molecule is CN(C)C1CCN(c2ccc(Nc3ncc(F)c(-c4cc(F)c5c(c4)N(C4CCc6ccc(F)cc64)CCO5)n3)cc2F)CC1. The Balaban J connectivity index is 1.15. The third kappa shape index (κ3) is 5.65. The van der Waals surface area contributed by atoms with Crippen LogP contribution in [0, 0.1) is 23.3 Å². The summed E-state index contributed by atoms with van der Waals surface area (Å²) in [5, 5.41) is 2.96. The molecule has 1 fully saturated rings. The zero-order valence-electron chi connectivity index (χ0n) is 25.2. The van der Waals surface area contributed by atoms with E-state index in [1.54, 1.807) is 24.3 Å². The molecule has 0 bridgehead atoms. The summed E-state index contributed by atoms with van der Waals surface area (Å²) in [7, 11) is 4.13. The fraction of sp³-hybridized carbons (Fsp3) is 0.353. The highest BCUT2D eigenvalue weighted by Crippen LogP contribution is 2.45. The van der Waals surface area contributed by atoms with Gasteiger partial charge in [-0.3, -0.25) is 0 Å². The molecule has 0 amide bonds. The van der Waals surface area contributed by atoms with Crippen LogP contribution >= 0.6 is 0 Å². The van der Waals surface area contributed by atoms with E-state index in [9.17, 15) is 4.39 Å². The van der Waals surface area contributed by atoms with Crippen LogP contribution in [0.3, 0.4) is 0 Å². The molecular weight excluding hydrogens is 584 g/mol. The standard InChI is InChI=1S/C34H34F4N6O/c1-42(2)24-9-11-43(12-10-24)30-8-6-23(18-26(30)36)40-34-39-19-28(38)32(41-34)21-15-27(37)33-31(16-21)44(13-14-45-33)29-7-4-20-3-5-22(35)17-25(20)29/h3,5-6,8,15-19,24,29H,4,7,9-14H2,1-2H3,(H,39,40,41). The van der Waals surface area contributed by atoms with Gasteiger partial charge in [0.15, 0.2) is 17.4 Å². The Morgan fingerprint density at radius 3 is 2.47 bits per heavy atom. The highest BCUT2D eigenvalue weighted by atomic mass is 19.1. The molecule has 1 aromatic heterocycles. The summed E-state index contributed by atoms with van der Waals surface area (Å²) in [5.74, 6) is -1.98. The van der Waals surface area contributed by atoms with Gasteiger partial charge < -0.3 is 24.8 Å². The Hall–Kier alpha value is -4.38. The Morgan fingerprint density at radius 1 is 0.867 bits per heavy atom. The maximum Gasteiger partial charge on any atom is 0.227 e. The Bertz CT molecular complexity index is 1740. The topological polar surface area (TPSA) is 56.8 Å². The Labute approximate surface area is 259 Å². The number of nitrogens with zero attached hydrogens (tertiary/aromatic N) is 5. The minimum atomic E-state index is -0.737. The van der Waals surface area contributed by atoms with Gasteiger partial charge in [0.2, 0.25) is 5.95 Å². The van der Waals surface area contributed by atoms with Gasteiger partial charge in [-0.1, -0.05) is 6.07 Å². The van der Waals surface area contributed by atoms with E-state index in [4.69, 9.17) is 4.74 Å². The average Bonchev–Trinajstić information content (AvgIpc) is 3.44. The smallest absolute Gasteiger partial charge is 0.227 e. The Kier molecular flexibility index (Phi) is 7.72. The van der Waals surface area contributed by atoms with Crippen molar-refractivity contribution in [3.05, 3.63) is 89.1 Å². The van der Waals surface area contributed by atoms with E-state index in [0.717, 1.165) is 56.1 Å². The molecule has 11 heteroatoms. The number of hydrogen-bond donors (Lipinski definition) is 1. The predicted molar refractivity (Wildman–Crippen MR) is 166 cm³/mol. The van der Waals surface area contributed by atoms with Crippen LogP contribution in [-0.2, 0) is 6.42 Å². The molecule has 234 valence electrons. The number of aromatic nitrogens is 2. The van der Waals surface area contributed by atoms with E-state index >= 15 is 13.2 Å². The largest absolute Gasteiger partial charge is 0.486 e. The van der Waals surface area contributed by atoms with E-state index in [-0.39, 0.29) is 47.2 Å². The van der Waals surface area contributed by atoms with E-state index in [1.165, 1.54) is 24.3 Å². The lowest BCUT2D eigenvalue weighted by Crippen LogP contribution is -2.42. The molecule has 1 atom stereocenters. The summed E-state index contributed by atoms with van der Waals surface area (Å²) in [4.78, 5) is 14.7. The molecule has 7 rings (SSSR count). The molecule has 4 aromatic rings. The number of anilines is 4. The molecular formula is C34H34F4N6O. The highest BCUT2D eigenvalue weighted by molar-refractivity contribution is 5.74. The minimum Gasteiger partial charge on any atom is -0.486 e. The van der Waals surface area contributed by atoms with Gasteiger partial charge in [0.05, 0.1) is 30.2 Å². The maximum absolute atomic E-state index is 15.5. The number of ether oxygens (including phenoxy) is 1. The number of aryl methyl sites for hydroxylation is 1. The molecule has 1 N–H and O–H groups in total. The molecule has 3 aromatic carbocycles. The summed E-state index contributed by atoms with van der Waals surface area (Å²) in [6.07, 6.45) is 4.44. The summed E-state index contributed by atoms with van der Waals surface area (Å²) in [6.45, 7) is 2.26. The molecule has 45 heavy (non-hydrogen) atoms. The van der Waals surface area contributed by atoms with Crippen LogP contribution in [0.1, 0.15) is 36.4 Å². The number of rotatable bonds is 6. The van der Waals surface area contributed by atoms with Crippen LogP contribution in [0.2, 0.25) is 0 Å². The third-order valence-electron chi connectivity index (χ3n) is 9.20. The van der Waals surface area contributed by atoms with Gasteiger partial charge in [0, 0.05) is 30.4 Å². The molecule has 3 aliphatic rings. The van der Waals surface area contributed by atoms with Crippen molar-refractivity contribution in [1.29, 1.82) is 0 Å². The number of fused-ring (bicyclic) bond motifs is 2. The lowest BCUT2D eigenvalue weighted by Gasteiger charge is -2.37.